The average molecular weight is 292 g/mol. The summed E-state index contributed by atoms with van der Waals surface area (Å²) in [5.74, 6) is 1.88. The van der Waals surface area contributed by atoms with E-state index in [-0.39, 0.29) is 5.91 Å². The molecule has 3 saturated heterocycles. The zero-order valence-electron chi connectivity index (χ0n) is 13.1. The van der Waals surface area contributed by atoms with Crippen molar-refractivity contribution < 1.29 is 9.32 Å². The molecule has 1 N–H and O–H groups in total. The summed E-state index contributed by atoms with van der Waals surface area (Å²) in [4.78, 5) is 19.0. The Morgan fingerprint density at radius 1 is 1.43 bits per heavy atom. The fourth-order valence-electron chi connectivity index (χ4n) is 3.11. The quantitative estimate of drug-likeness (QED) is 0.921. The molecule has 6 heteroatoms. The first-order chi connectivity index (χ1) is 9.99. The summed E-state index contributed by atoms with van der Waals surface area (Å²) in [5, 5.41) is 6.69. The molecule has 4 heterocycles. The predicted molar refractivity (Wildman–Crippen MR) is 78.9 cm³/mol. The van der Waals surface area contributed by atoms with E-state index in [1.807, 2.05) is 20.8 Å². The van der Waals surface area contributed by atoms with E-state index in [9.17, 15) is 4.79 Å². The second-order valence-corrected chi connectivity index (χ2v) is 6.89. The molecule has 1 unspecified atom stereocenters. The number of hydrogen-bond donors (Lipinski definition) is 1. The maximum absolute atomic E-state index is 12.1. The van der Waals surface area contributed by atoms with E-state index in [1.54, 1.807) is 0 Å². The molecule has 0 spiro atoms. The molecule has 2 bridgehead atoms. The molecule has 4 rings (SSSR count). The van der Waals surface area contributed by atoms with Gasteiger partial charge in [-0.05, 0) is 43.4 Å². The maximum Gasteiger partial charge on any atom is 0.270 e. The van der Waals surface area contributed by atoms with Gasteiger partial charge in [-0.1, -0.05) is 20.8 Å². The molecule has 1 aromatic rings. The van der Waals surface area contributed by atoms with Crippen LogP contribution in [-0.4, -0.2) is 40.6 Å². The molecule has 1 atom stereocenters. The van der Waals surface area contributed by atoms with Crippen molar-refractivity contribution in [3.05, 3.63) is 5.89 Å². The molecule has 0 aromatic carbocycles. The minimum absolute atomic E-state index is 0.0636. The maximum atomic E-state index is 12.1. The van der Waals surface area contributed by atoms with E-state index < -0.39 is 5.41 Å². The number of rotatable bonds is 4. The lowest BCUT2D eigenvalue weighted by Gasteiger charge is -2.43. The van der Waals surface area contributed by atoms with Crippen LogP contribution < -0.4 is 5.32 Å². The Bertz CT molecular complexity index is 517. The van der Waals surface area contributed by atoms with Crippen molar-refractivity contribution in [2.45, 2.75) is 46.0 Å². The van der Waals surface area contributed by atoms with Gasteiger partial charge in [0.2, 0.25) is 11.8 Å². The lowest BCUT2D eigenvalue weighted by Crippen LogP contribution is -2.46. The first-order valence-corrected chi connectivity index (χ1v) is 7.87. The third-order valence-corrected chi connectivity index (χ3v) is 5.14. The van der Waals surface area contributed by atoms with Crippen LogP contribution in [0.1, 0.15) is 51.8 Å². The first-order valence-electron chi connectivity index (χ1n) is 7.87. The minimum atomic E-state index is -0.420. The molecule has 3 aliphatic rings. The number of aromatic nitrogens is 2. The fourth-order valence-corrected chi connectivity index (χ4v) is 3.11. The molecule has 3 fully saturated rings. The zero-order valence-corrected chi connectivity index (χ0v) is 13.1. The normalized spacial score (nSPS) is 28.6. The molecule has 6 nitrogen and oxygen atoms in total. The number of nitrogens with zero attached hydrogens (tertiary/aromatic N) is 3. The summed E-state index contributed by atoms with van der Waals surface area (Å²) in [5.41, 5.74) is -0.420. The molecule has 1 amide bonds. The van der Waals surface area contributed by atoms with Gasteiger partial charge >= 0.3 is 0 Å². The van der Waals surface area contributed by atoms with E-state index in [0.29, 0.717) is 23.7 Å². The fraction of sp³-hybridized carbons (Fsp3) is 0.800. The molecular weight excluding hydrogens is 268 g/mol. The van der Waals surface area contributed by atoms with Crippen molar-refractivity contribution in [2.24, 2.45) is 11.3 Å². The Labute approximate surface area is 125 Å². The second kappa shape index (κ2) is 5.40. The van der Waals surface area contributed by atoms with Crippen molar-refractivity contribution >= 4 is 11.9 Å². The van der Waals surface area contributed by atoms with Crippen molar-refractivity contribution in [3.8, 4) is 0 Å². The first kappa shape index (κ1) is 14.5. The highest BCUT2D eigenvalue weighted by Gasteiger charge is 2.38. The Hall–Kier alpha value is -1.43. The summed E-state index contributed by atoms with van der Waals surface area (Å²) in [6.07, 6.45) is 3.18. The smallest absolute Gasteiger partial charge is 0.270 e. The standard InChI is InChI=1S/C15H24N4O2/c1-4-15(2,3)13(20)17-14-16-12(21-18-14)11-9-19-7-5-10(11)6-8-19/h10-11H,4-9H2,1-3H3,(H,17,18,20). The van der Waals surface area contributed by atoms with E-state index in [0.717, 1.165) is 13.0 Å². The highest BCUT2D eigenvalue weighted by molar-refractivity contribution is 5.93. The summed E-state index contributed by atoms with van der Waals surface area (Å²) in [6.45, 7) is 9.19. The lowest BCUT2D eigenvalue weighted by molar-refractivity contribution is -0.124. The van der Waals surface area contributed by atoms with Crippen LogP contribution in [0.2, 0.25) is 0 Å². The van der Waals surface area contributed by atoms with Gasteiger partial charge in [0, 0.05) is 12.0 Å². The highest BCUT2D eigenvalue weighted by Crippen LogP contribution is 2.38. The van der Waals surface area contributed by atoms with Gasteiger partial charge < -0.3 is 9.42 Å². The summed E-state index contributed by atoms with van der Waals surface area (Å²) in [6, 6.07) is 0. The minimum Gasteiger partial charge on any atom is -0.337 e. The molecule has 3 aliphatic heterocycles. The number of fused-ring (bicyclic) bond motifs is 3. The van der Waals surface area contributed by atoms with Gasteiger partial charge in [-0.15, -0.1) is 0 Å². The van der Waals surface area contributed by atoms with Crippen molar-refractivity contribution in [1.29, 1.82) is 0 Å². The Balaban J connectivity index is 1.68. The topological polar surface area (TPSA) is 71.3 Å². The highest BCUT2D eigenvalue weighted by atomic mass is 16.5. The van der Waals surface area contributed by atoms with Gasteiger partial charge in [-0.3, -0.25) is 10.1 Å². The van der Waals surface area contributed by atoms with Crippen LogP contribution in [-0.2, 0) is 4.79 Å². The molecule has 0 radical (unpaired) electrons. The summed E-state index contributed by atoms with van der Waals surface area (Å²) < 4.78 is 5.40. The van der Waals surface area contributed by atoms with Crippen molar-refractivity contribution in [1.82, 2.24) is 15.0 Å². The van der Waals surface area contributed by atoms with Gasteiger partial charge in [-0.25, -0.2) is 0 Å². The Morgan fingerprint density at radius 2 is 2.14 bits per heavy atom. The van der Waals surface area contributed by atoms with E-state index in [2.05, 4.69) is 20.4 Å². The van der Waals surface area contributed by atoms with Gasteiger partial charge in [-0.2, -0.15) is 4.98 Å². The molecule has 0 saturated carbocycles. The van der Waals surface area contributed by atoms with Crippen LogP contribution >= 0.6 is 0 Å². The van der Waals surface area contributed by atoms with Gasteiger partial charge in [0.05, 0.1) is 5.92 Å². The van der Waals surface area contributed by atoms with Crippen molar-refractivity contribution in [2.75, 3.05) is 25.0 Å². The number of carbonyl (C=O) groups excluding carboxylic acids is 1. The van der Waals surface area contributed by atoms with Crippen LogP contribution in [0.15, 0.2) is 4.52 Å². The van der Waals surface area contributed by atoms with Crippen LogP contribution in [0, 0.1) is 11.3 Å². The van der Waals surface area contributed by atoms with Crippen LogP contribution in [0.3, 0.4) is 0 Å². The number of anilines is 1. The number of amides is 1. The zero-order chi connectivity index (χ0) is 15.0. The van der Waals surface area contributed by atoms with Gasteiger partial charge in [0.25, 0.3) is 5.95 Å². The number of nitrogens with one attached hydrogen (secondary N) is 1. The SMILES string of the molecule is CCC(C)(C)C(=O)Nc1noc(C2CN3CCC2CC3)n1. The molecule has 116 valence electrons. The van der Waals surface area contributed by atoms with Crippen LogP contribution in [0.4, 0.5) is 5.95 Å². The van der Waals surface area contributed by atoms with Crippen LogP contribution in [0.5, 0.6) is 0 Å². The van der Waals surface area contributed by atoms with Crippen molar-refractivity contribution in [3.63, 3.8) is 0 Å². The monoisotopic (exact) mass is 292 g/mol. The summed E-state index contributed by atoms with van der Waals surface area (Å²) >= 11 is 0. The van der Waals surface area contributed by atoms with Gasteiger partial charge in [0.1, 0.15) is 0 Å². The second-order valence-electron chi connectivity index (χ2n) is 6.89. The molecule has 21 heavy (non-hydrogen) atoms. The molecule has 1 aromatic heterocycles. The predicted octanol–water partition coefficient (Wildman–Crippen LogP) is 2.25. The molecular formula is C15H24N4O2. The lowest BCUT2D eigenvalue weighted by atomic mass is 9.79. The van der Waals surface area contributed by atoms with Crippen LogP contribution in [0.25, 0.3) is 0 Å². The third kappa shape index (κ3) is 2.81. The number of carbonyl (C=O) groups is 1. The largest absolute Gasteiger partial charge is 0.337 e. The van der Waals surface area contributed by atoms with E-state index in [4.69, 9.17) is 4.52 Å². The number of piperidine rings is 3. The number of hydrogen-bond acceptors (Lipinski definition) is 5. The third-order valence-electron chi connectivity index (χ3n) is 5.14. The van der Waals surface area contributed by atoms with E-state index in [1.165, 1.54) is 25.9 Å². The summed E-state index contributed by atoms with van der Waals surface area (Å²) in [7, 11) is 0. The Kier molecular flexibility index (Phi) is 3.73. The van der Waals surface area contributed by atoms with E-state index >= 15 is 0 Å². The van der Waals surface area contributed by atoms with Gasteiger partial charge in [0.15, 0.2) is 0 Å². The molecule has 0 aliphatic carbocycles. The Morgan fingerprint density at radius 3 is 2.71 bits per heavy atom. The average Bonchev–Trinajstić information content (AvgIpc) is 2.96.